The molecule has 0 radical (unpaired) electrons. The van der Waals surface area contributed by atoms with Gasteiger partial charge in [0.2, 0.25) is 0 Å². The SMILES string of the molecule is O=S(O)Cc1cccc(-c2ncc[nH]2)c1. The number of rotatable bonds is 3. The molecule has 0 aliphatic heterocycles. The Morgan fingerprint density at radius 2 is 2.33 bits per heavy atom. The van der Waals surface area contributed by atoms with Crippen LogP contribution in [0.15, 0.2) is 36.7 Å². The Bertz CT molecular complexity index is 468. The summed E-state index contributed by atoms with van der Waals surface area (Å²) in [6.07, 6.45) is 3.42. The van der Waals surface area contributed by atoms with Gasteiger partial charge in [0.25, 0.3) is 0 Å². The number of aromatic nitrogens is 2. The molecular formula is C10H10N2O2S. The summed E-state index contributed by atoms with van der Waals surface area (Å²) in [6.45, 7) is 0. The molecule has 2 aromatic rings. The van der Waals surface area contributed by atoms with Crippen LogP contribution in [0.4, 0.5) is 0 Å². The highest BCUT2D eigenvalue weighted by atomic mass is 32.2. The Labute approximate surface area is 89.7 Å². The second kappa shape index (κ2) is 4.37. The van der Waals surface area contributed by atoms with Crippen LogP contribution in [0, 0.1) is 0 Å². The molecule has 1 unspecified atom stereocenters. The summed E-state index contributed by atoms with van der Waals surface area (Å²) >= 11 is -1.80. The Morgan fingerprint density at radius 3 is 3.00 bits per heavy atom. The minimum atomic E-state index is -1.80. The number of H-pyrrole nitrogens is 1. The molecule has 0 saturated carbocycles. The zero-order valence-corrected chi connectivity index (χ0v) is 8.70. The fraction of sp³-hybridized carbons (Fsp3) is 0.100. The van der Waals surface area contributed by atoms with E-state index < -0.39 is 11.1 Å². The molecule has 1 atom stereocenters. The molecule has 0 fully saturated rings. The maximum Gasteiger partial charge on any atom is 0.157 e. The highest BCUT2D eigenvalue weighted by molar-refractivity contribution is 7.78. The second-order valence-corrected chi connectivity index (χ2v) is 4.04. The van der Waals surface area contributed by atoms with Crippen molar-refractivity contribution in [2.75, 3.05) is 0 Å². The van der Waals surface area contributed by atoms with Crippen molar-refractivity contribution < 1.29 is 8.76 Å². The topological polar surface area (TPSA) is 66.0 Å². The molecule has 0 amide bonds. The smallest absolute Gasteiger partial charge is 0.157 e. The molecule has 5 heteroatoms. The van der Waals surface area contributed by atoms with Gasteiger partial charge >= 0.3 is 0 Å². The number of hydrogen-bond acceptors (Lipinski definition) is 2. The quantitative estimate of drug-likeness (QED) is 0.778. The number of imidazole rings is 1. The van der Waals surface area contributed by atoms with Crippen molar-refractivity contribution in [2.45, 2.75) is 5.75 Å². The predicted octanol–water partition coefficient (Wildman–Crippen LogP) is 1.80. The van der Waals surface area contributed by atoms with Crippen LogP contribution < -0.4 is 0 Å². The number of benzene rings is 1. The average molecular weight is 222 g/mol. The fourth-order valence-corrected chi connectivity index (χ4v) is 1.84. The van der Waals surface area contributed by atoms with Crippen molar-refractivity contribution in [2.24, 2.45) is 0 Å². The summed E-state index contributed by atoms with van der Waals surface area (Å²) in [5, 5.41) is 0. The first-order chi connectivity index (χ1) is 7.25. The van der Waals surface area contributed by atoms with Gasteiger partial charge in [-0.05, 0) is 11.6 Å². The van der Waals surface area contributed by atoms with E-state index in [0.29, 0.717) is 0 Å². The lowest BCUT2D eigenvalue weighted by atomic mass is 10.1. The van der Waals surface area contributed by atoms with Crippen molar-refractivity contribution >= 4 is 11.1 Å². The van der Waals surface area contributed by atoms with Crippen LogP contribution in [0.1, 0.15) is 5.56 Å². The third kappa shape index (κ3) is 2.51. The van der Waals surface area contributed by atoms with Gasteiger partial charge in [-0.3, -0.25) is 0 Å². The van der Waals surface area contributed by atoms with Crippen LogP contribution >= 0.6 is 0 Å². The average Bonchev–Trinajstić information content (AvgIpc) is 2.69. The monoisotopic (exact) mass is 222 g/mol. The minimum Gasteiger partial charge on any atom is -0.345 e. The van der Waals surface area contributed by atoms with E-state index in [0.717, 1.165) is 17.0 Å². The summed E-state index contributed by atoms with van der Waals surface area (Å²) in [5.74, 6) is 0.912. The second-order valence-electron chi connectivity index (χ2n) is 3.10. The van der Waals surface area contributed by atoms with Crippen molar-refractivity contribution in [1.29, 1.82) is 0 Å². The van der Waals surface area contributed by atoms with Crippen molar-refractivity contribution in [3.8, 4) is 11.4 Å². The molecule has 0 spiro atoms. The Kier molecular flexibility index (Phi) is 2.94. The summed E-state index contributed by atoms with van der Waals surface area (Å²) in [5.41, 5.74) is 1.74. The van der Waals surface area contributed by atoms with E-state index in [1.807, 2.05) is 24.3 Å². The zero-order chi connectivity index (χ0) is 10.7. The predicted molar refractivity (Wildman–Crippen MR) is 58.5 cm³/mol. The van der Waals surface area contributed by atoms with Gasteiger partial charge in [-0.1, -0.05) is 18.2 Å². The van der Waals surface area contributed by atoms with Crippen LogP contribution in [-0.4, -0.2) is 18.7 Å². The third-order valence-corrected chi connectivity index (χ3v) is 2.57. The first kappa shape index (κ1) is 10.1. The minimum absolute atomic E-state index is 0.147. The van der Waals surface area contributed by atoms with Crippen LogP contribution in [-0.2, 0) is 16.8 Å². The summed E-state index contributed by atoms with van der Waals surface area (Å²) < 4.78 is 19.4. The van der Waals surface area contributed by atoms with Crippen LogP contribution in [0.25, 0.3) is 11.4 Å². The van der Waals surface area contributed by atoms with E-state index in [-0.39, 0.29) is 5.75 Å². The van der Waals surface area contributed by atoms with Crippen LogP contribution in [0.2, 0.25) is 0 Å². The summed E-state index contributed by atoms with van der Waals surface area (Å²) in [7, 11) is 0. The highest BCUT2D eigenvalue weighted by Gasteiger charge is 2.02. The molecular weight excluding hydrogens is 212 g/mol. The Balaban J connectivity index is 2.31. The maximum atomic E-state index is 10.7. The molecule has 2 rings (SSSR count). The lowest BCUT2D eigenvalue weighted by Gasteiger charge is -2.00. The first-order valence-electron chi connectivity index (χ1n) is 4.42. The van der Waals surface area contributed by atoms with Gasteiger partial charge in [0.05, 0.1) is 5.75 Å². The van der Waals surface area contributed by atoms with E-state index >= 15 is 0 Å². The van der Waals surface area contributed by atoms with E-state index in [1.54, 1.807) is 12.4 Å². The van der Waals surface area contributed by atoms with E-state index in [1.165, 1.54) is 0 Å². The van der Waals surface area contributed by atoms with E-state index in [9.17, 15) is 4.21 Å². The lowest BCUT2D eigenvalue weighted by Crippen LogP contribution is -1.93. The number of nitrogens with one attached hydrogen (secondary N) is 1. The lowest BCUT2D eigenvalue weighted by molar-refractivity contribution is 0.563. The van der Waals surface area contributed by atoms with Gasteiger partial charge in [-0.25, -0.2) is 9.19 Å². The first-order valence-corrected chi connectivity index (χ1v) is 5.69. The van der Waals surface area contributed by atoms with Gasteiger partial charge < -0.3 is 9.54 Å². The van der Waals surface area contributed by atoms with Crippen molar-refractivity contribution in [1.82, 2.24) is 9.97 Å². The van der Waals surface area contributed by atoms with Gasteiger partial charge in [0.15, 0.2) is 11.1 Å². The van der Waals surface area contributed by atoms with Gasteiger partial charge in [-0.15, -0.1) is 0 Å². The van der Waals surface area contributed by atoms with Gasteiger partial charge in [0, 0.05) is 18.0 Å². The van der Waals surface area contributed by atoms with Crippen molar-refractivity contribution in [3.63, 3.8) is 0 Å². The molecule has 78 valence electrons. The normalized spacial score (nSPS) is 12.6. The molecule has 15 heavy (non-hydrogen) atoms. The standard InChI is InChI=1S/C10H10N2O2S/c13-15(14)7-8-2-1-3-9(6-8)10-11-4-5-12-10/h1-6H,7H2,(H,11,12)(H,13,14). The number of nitrogens with zero attached hydrogens (tertiary/aromatic N) is 1. The molecule has 4 nitrogen and oxygen atoms in total. The molecule has 0 bridgehead atoms. The number of hydrogen-bond donors (Lipinski definition) is 2. The summed E-state index contributed by atoms with van der Waals surface area (Å²) in [6, 6.07) is 7.43. The zero-order valence-electron chi connectivity index (χ0n) is 7.88. The van der Waals surface area contributed by atoms with Crippen molar-refractivity contribution in [3.05, 3.63) is 42.2 Å². The Hall–Kier alpha value is -1.46. The molecule has 0 aliphatic rings. The van der Waals surface area contributed by atoms with Crippen LogP contribution in [0.5, 0.6) is 0 Å². The molecule has 0 aliphatic carbocycles. The summed E-state index contributed by atoms with van der Waals surface area (Å²) in [4.78, 5) is 7.10. The molecule has 1 heterocycles. The fourth-order valence-electron chi connectivity index (χ4n) is 1.37. The maximum absolute atomic E-state index is 10.7. The van der Waals surface area contributed by atoms with E-state index in [2.05, 4.69) is 9.97 Å². The molecule has 0 saturated heterocycles. The van der Waals surface area contributed by atoms with Crippen LogP contribution in [0.3, 0.4) is 0 Å². The van der Waals surface area contributed by atoms with E-state index in [4.69, 9.17) is 4.55 Å². The molecule has 1 aromatic carbocycles. The third-order valence-electron chi connectivity index (χ3n) is 1.99. The number of aromatic amines is 1. The van der Waals surface area contributed by atoms with Gasteiger partial charge in [0.1, 0.15) is 5.82 Å². The highest BCUT2D eigenvalue weighted by Crippen LogP contribution is 2.16. The Morgan fingerprint density at radius 1 is 1.47 bits per heavy atom. The molecule has 2 N–H and O–H groups in total. The molecule has 1 aromatic heterocycles. The van der Waals surface area contributed by atoms with Gasteiger partial charge in [-0.2, -0.15) is 0 Å². The largest absolute Gasteiger partial charge is 0.345 e.